The second-order valence-electron chi connectivity index (χ2n) is 3.50. The van der Waals surface area contributed by atoms with Crippen LogP contribution < -0.4 is 5.56 Å². The minimum absolute atomic E-state index is 0.00532. The molecule has 1 heterocycles. The highest BCUT2D eigenvalue weighted by molar-refractivity contribution is 7.90. The number of H-pyrrole nitrogens is 1. The van der Waals surface area contributed by atoms with Gasteiger partial charge in [0.1, 0.15) is 16.7 Å². The molecule has 0 radical (unpaired) electrons. The van der Waals surface area contributed by atoms with Crippen LogP contribution >= 0.6 is 0 Å². The molecule has 0 amide bonds. The van der Waals surface area contributed by atoms with Gasteiger partial charge < -0.3 is 4.98 Å². The van der Waals surface area contributed by atoms with E-state index in [1.807, 2.05) is 6.92 Å². The molecule has 0 aromatic carbocycles. The molecule has 6 heteroatoms. The molecule has 1 N–H and O–H groups in total. The summed E-state index contributed by atoms with van der Waals surface area (Å²) in [6, 6.07) is 3.15. The predicted octanol–water partition coefficient (Wildman–Crippen LogP) is 0.603. The summed E-state index contributed by atoms with van der Waals surface area (Å²) in [5.74, 6) is 0. The molecule has 1 aromatic heterocycles. The molecule has 0 aliphatic rings. The maximum absolute atomic E-state index is 11.5. The molecule has 86 valence electrons. The van der Waals surface area contributed by atoms with Gasteiger partial charge in [0.05, 0.1) is 0 Å². The third-order valence-corrected chi connectivity index (χ3v) is 3.14. The quantitative estimate of drug-likeness (QED) is 0.837. The Hall–Kier alpha value is -1.61. The van der Waals surface area contributed by atoms with Gasteiger partial charge in [-0.1, -0.05) is 13.3 Å². The SMILES string of the molecule is CCCc1cc(S(C)(=O)=O)[nH]c(=O)c1C#N. The predicted molar refractivity (Wildman–Crippen MR) is 58.9 cm³/mol. The molecule has 0 spiro atoms. The van der Waals surface area contributed by atoms with Crippen LogP contribution in [0.5, 0.6) is 0 Å². The minimum Gasteiger partial charge on any atom is -0.312 e. The Balaban J connectivity index is 3.54. The summed E-state index contributed by atoms with van der Waals surface area (Å²) >= 11 is 0. The molecule has 5 nitrogen and oxygen atoms in total. The summed E-state index contributed by atoms with van der Waals surface area (Å²) in [7, 11) is -3.46. The van der Waals surface area contributed by atoms with Gasteiger partial charge in [-0.2, -0.15) is 5.26 Å². The third kappa shape index (κ3) is 2.49. The third-order valence-electron chi connectivity index (χ3n) is 2.12. The van der Waals surface area contributed by atoms with Crippen LogP contribution in [0.25, 0.3) is 0 Å². The van der Waals surface area contributed by atoms with Gasteiger partial charge in [-0.05, 0) is 18.1 Å². The fraction of sp³-hybridized carbons (Fsp3) is 0.400. The van der Waals surface area contributed by atoms with E-state index in [4.69, 9.17) is 5.26 Å². The van der Waals surface area contributed by atoms with Crippen LogP contribution in [0.2, 0.25) is 0 Å². The number of aryl methyl sites for hydroxylation is 1. The fourth-order valence-electron chi connectivity index (χ4n) is 1.38. The van der Waals surface area contributed by atoms with Crippen molar-refractivity contribution in [2.75, 3.05) is 6.26 Å². The normalized spacial score (nSPS) is 11.1. The Morgan fingerprint density at radius 3 is 2.56 bits per heavy atom. The lowest BCUT2D eigenvalue weighted by atomic mass is 10.1. The summed E-state index contributed by atoms with van der Waals surface area (Å²) in [6.45, 7) is 1.89. The molecule has 1 rings (SSSR count). The Bertz CT molecular complexity index is 593. The number of nitrogens with one attached hydrogen (secondary N) is 1. The van der Waals surface area contributed by atoms with Gasteiger partial charge in [0.15, 0.2) is 9.84 Å². The minimum atomic E-state index is -3.46. The number of sulfone groups is 1. The van der Waals surface area contributed by atoms with Crippen LogP contribution in [0.4, 0.5) is 0 Å². The highest BCUT2D eigenvalue weighted by Crippen LogP contribution is 2.11. The Labute approximate surface area is 93.7 Å². The second kappa shape index (κ2) is 4.49. The van der Waals surface area contributed by atoms with E-state index in [1.165, 1.54) is 6.07 Å². The monoisotopic (exact) mass is 240 g/mol. The summed E-state index contributed by atoms with van der Waals surface area (Å²) in [5, 5.41) is 8.66. The lowest BCUT2D eigenvalue weighted by Gasteiger charge is -2.04. The van der Waals surface area contributed by atoms with E-state index >= 15 is 0 Å². The number of rotatable bonds is 3. The average molecular weight is 240 g/mol. The Kier molecular flexibility index (Phi) is 3.50. The van der Waals surface area contributed by atoms with Gasteiger partial charge >= 0.3 is 0 Å². The lowest BCUT2D eigenvalue weighted by Crippen LogP contribution is -2.17. The standard InChI is InChI=1S/C10H12N2O3S/c1-3-4-7-5-9(16(2,14)15)12-10(13)8(7)6-11/h5H,3-4H2,1-2H3,(H,12,13). The van der Waals surface area contributed by atoms with E-state index in [0.29, 0.717) is 12.0 Å². The topological polar surface area (TPSA) is 90.8 Å². The molecule has 0 aliphatic heterocycles. The van der Waals surface area contributed by atoms with Gasteiger partial charge in [0, 0.05) is 6.26 Å². The first kappa shape index (κ1) is 12.5. The van der Waals surface area contributed by atoms with Crippen LogP contribution in [0, 0.1) is 11.3 Å². The molecular formula is C10H12N2O3S. The summed E-state index contributed by atoms with van der Waals surface area (Å²) in [4.78, 5) is 13.7. The fourth-order valence-corrected chi connectivity index (χ4v) is 2.01. The van der Waals surface area contributed by atoms with Gasteiger partial charge in [0.25, 0.3) is 5.56 Å². The van der Waals surface area contributed by atoms with Gasteiger partial charge in [-0.15, -0.1) is 0 Å². The molecule has 0 saturated carbocycles. The first-order valence-corrected chi connectivity index (χ1v) is 6.65. The average Bonchev–Trinajstić information content (AvgIpc) is 2.16. The van der Waals surface area contributed by atoms with Crippen molar-refractivity contribution in [3.05, 3.63) is 27.5 Å². The number of nitrogens with zero attached hydrogens (tertiary/aromatic N) is 1. The van der Waals surface area contributed by atoms with E-state index in [1.54, 1.807) is 6.07 Å². The van der Waals surface area contributed by atoms with Gasteiger partial charge in [-0.3, -0.25) is 4.79 Å². The number of pyridine rings is 1. The highest BCUT2D eigenvalue weighted by Gasteiger charge is 2.14. The van der Waals surface area contributed by atoms with Crippen LogP contribution in [0.3, 0.4) is 0 Å². The van der Waals surface area contributed by atoms with E-state index in [9.17, 15) is 13.2 Å². The van der Waals surface area contributed by atoms with Crippen molar-refractivity contribution < 1.29 is 8.42 Å². The van der Waals surface area contributed by atoms with Crippen molar-refractivity contribution in [2.24, 2.45) is 0 Å². The maximum Gasteiger partial charge on any atom is 0.267 e. The van der Waals surface area contributed by atoms with Crippen molar-refractivity contribution in [2.45, 2.75) is 24.8 Å². The van der Waals surface area contributed by atoms with E-state index in [0.717, 1.165) is 12.7 Å². The van der Waals surface area contributed by atoms with Gasteiger partial charge in [0.2, 0.25) is 0 Å². The molecule has 0 unspecified atom stereocenters. The molecule has 0 fully saturated rings. The van der Waals surface area contributed by atoms with E-state index in [2.05, 4.69) is 4.98 Å². The number of hydrogen-bond acceptors (Lipinski definition) is 4. The molecule has 1 aromatic rings. The van der Waals surface area contributed by atoms with Crippen molar-refractivity contribution in [1.29, 1.82) is 5.26 Å². The molecule has 0 atom stereocenters. The number of aromatic amines is 1. The molecule has 0 bridgehead atoms. The smallest absolute Gasteiger partial charge is 0.267 e. The summed E-state index contributed by atoms with van der Waals surface area (Å²) in [5.41, 5.74) is -0.169. The number of hydrogen-bond donors (Lipinski definition) is 1. The highest BCUT2D eigenvalue weighted by atomic mass is 32.2. The van der Waals surface area contributed by atoms with E-state index in [-0.39, 0.29) is 10.6 Å². The molecule has 16 heavy (non-hydrogen) atoms. The van der Waals surface area contributed by atoms with Crippen molar-refractivity contribution >= 4 is 9.84 Å². The molecule has 0 saturated heterocycles. The van der Waals surface area contributed by atoms with Crippen molar-refractivity contribution in [1.82, 2.24) is 4.98 Å². The zero-order chi connectivity index (χ0) is 12.3. The second-order valence-corrected chi connectivity index (χ2v) is 5.48. The first-order valence-electron chi connectivity index (χ1n) is 4.76. The lowest BCUT2D eigenvalue weighted by molar-refractivity contribution is 0.597. The van der Waals surface area contributed by atoms with Crippen molar-refractivity contribution in [3.63, 3.8) is 0 Å². The molecular weight excluding hydrogens is 228 g/mol. The largest absolute Gasteiger partial charge is 0.312 e. The Morgan fingerprint density at radius 2 is 2.12 bits per heavy atom. The van der Waals surface area contributed by atoms with Crippen LogP contribution in [0.1, 0.15) is 24.5 Å². The summed E-state index contributed by atoms with van der Waals surface area (Å²) < 4.78 is 22.6. The van der Waals surface area contributed by atoms with E-state index < -0.39 is 15.4 Å². The van der Waals surface area contributed by atoms with Crippen LogP contribution in [-0.4, -0.2) is 19.7 Å². The zero-order valence-corrected chi connectivity index (χ0v) is 9.89. The summed E-state index contributed by atoms with van der Waals surface area (Å²) in [6.07, 6.45) is 2.26. The van der Waals surface area contributed by atoms with Gasteiger partial charge in [-0.25, -0.2) is 8.42 Å². The maximum atomic E-state index is 11.5. The number of nitriles is 1. The first-order chi connectivity index (χ1) is 7.40. The molecule has 0 aliphatic carbocycles. The zero-order valence-electron chi connectivity index (χ0n) is 9.07. The van der Waals surface area contributed by atoms with Crippen molar-refractivity contribution in [3.8, 4) is 6.07 Å². The number of aromatic nitrogens is 1. The Morgan fingerprint density at radius 1 is 1.50 bits per heavy atom. The van der Waals surface area contributed by atoms with Crippen LogP contribution in [0.15, 0.2) is 15.9 Å². The van der Waals surface area contributed by atoms with Crippen LogP contribution in [-0.2, 0) is 16.3 Å².